The molecular formula is C21H24N2O5S. The minimum atomic E-state index is -3.54. The standard InChI is InChI=1S/C21H24N2O5S/c1-15-4-6-16(7-5-15)19(14-20(24)25)22-21(26)17-8-10-18(11-9-17)29(27,28)23-12-2-3-13-23/h4-11,19H,2-3,12-14H2,1H3,(H,22,26)(H,24,25)/t19-/m0/s1. The number of sulfonamides is 1. The molecule has 3 rings (SSSR count). The molecule has 1 heterocycles. The third kappa shape index (κ3) is 5.02. The fourth-order valence-corrected chi connectivity index (χ4v) is 4.84. The number of nitrogens with one attached hydrogen (secondary N) is 1. The number of aliphatic carboxylic acids is 1. The van der Waals surface area contributed by atoms with Gasteiger partial charge in [-0.1, -0.05) is 29.8 Å². The first kappa shape index (κ1) is 21.0. The Morgan fingerprint density at radius 2 is 1.62 bits per heavy atom. The zero-order valence-corrected chi connectivity index (χ0v) is 17.0. The van der Waals surface area contributed by atoms with Gasteiger partial charge in [-0.25, -0.2) is 8.42 Å². The van der Waals surface area contributed by atoms with Crippen LogP contribution in [-0.4, -0.2) is 42.8 Å². The van der Waals surface area contributed by atoms with Gasteiger partial charge in [-0.2, -0.15) is 4.31 Å². The molecule has 7 nitrogen and oxygen atoms in total. The number of hydrogen-bond donors (Lipinski definition) is 2. The number of nitrogens with zero attached hydrogens (tertiary/aromatic N) is 1. The lowest BCUT2D eigenvalue weighted by Crippen LogP contribution is -2.30. The van der Waals surface area contributed by atoms with E-state index >= 15 is 0 Å². The third-order valence-corrected chi connectivity index (χ3v) is 6.90. The maximum atomic E-state index is 12.6. The number of carboxylic acids is 1. The summed E-state index contributed by atoms with van der Waals surface area (Å²) < 4.78 is 26.6. The van der Waals surface area contributed by atoms with E-state index in [0.29, 0.717) is 18.7 Å². The molecule has 0 spiro atoms. The first-order valence-corrected chi connectivity index (χ1v) is 10.9. The molecule has 0 bridgehead atoms. The third-order valence-electron chi connectivity index (χ3n) is 4.98. The molecule has 0 aromatic heterocycles. The van der Waals surface area contributed by atoms with Crippen molar-refractivity contribution in [3.05, 3.63) is 65.2 Å². The van der Waals surface area contributed by atoms with E-state index in [9.17, 15) is 23.1 Å². The van der Waals surface area contributed by atoms with Gasteiger partial charge >= 0.3 is 5.97 Å². The van der Waals surface area contributed by atoms with Crippen LogP contribution in [0.3, 0.4) is 0 Å². The van der Waals surface area contributed by atoms with E-state index in [0.717, 1.165) is 18.4 Å². The summed E-state index contributed by atoms with van der Waals surface area (Å²) >= 11 is 0. The SMILES string of the molecule is Cc1ccc([C@H](CC(=O)O)NC(=O)c2ccc(S(=O)(=O)N3CCCC3)cc2)cc1. The molecule has 2 aromatic carbocycles. The number of rotatable bonds is 7. The van der Waals surface area contributed by atoms with Gasteiger partial charge in [-0.15, -0.1) is 0 Å². The van der Waals surface area contributed by atoms with Crippen molar-refractivity contribution >= 4 is 21.9 Å². The normalized spacial score (nSPS) is 15.8. The second-order valence-corrected chi connectivity index (χ2v) is 9.11. The Kier molecular flexibility index (Phi) is 6.34. The van der Waals surface area contributed by atoms with Crippen LogP contribution in [0.5, 0.6) is 0 Å². The van der Waals surface area contributed by atoms with E-state index in [4.69, 9.17) is 0 Å². The van der Waals surface area contributed by atoms with Crippen molar-refractivity contribution in [1.82, 2.24) is 9.62 Å². The Morgan fingerprint density at radius 3 is 2.17 bits per heavy atom. The Morgan fingerprint density at radius 1 is 1.03 bits per heavy atom. The van der Waals surface area contributed by atoms with Gasteiger partial charge in [-0.05, 0) is 49.6 Å². The van der Waals surface area contributed by atoms with Gasteiger partial charge in [0, 0.05) is 18.7 Å². The van der Waals surface area contributed by atoms with Crippen LogP contribution < -0.4 is 5.32 Å². The molecule has 0 saturated carbocycles. The van der Waals surface area contributed by atoms with Crippen LogP contribution in [0.15, 0.2) is 53.4 Å². The maximum absolute atomic E-state index is 12.6. The Labute approximate surface area is 170 Å². The maximum Gasteiger partial charge on any atom is 0.305 e. The Balaban J connectivity index is 1.76. The lowest BCUT2D eigenvalue weighted by atomic mass is 10.0. The molecule has 1 amide bonds. The highest BCUT2D eigenvalue weighted by molar-refractivity contribution is 7.89. The molecule has 0 unspecified atom stereocenters. The smallest absolute Gasteiger partial charge is 0.305 e. The van der Waals surface area contributed by atoms with E-state index in [1.807, 2.05) is 19.1 Å². The predicted molar refractivity (Wildman–Crippen MR) is 108 cm³/mol. The lowest BCUT2D eigenvalue weighted by molar-refractivity contribution is -0.137. The highest BCUT2D eigenvalue weighted by Gasteiger charge is 2.27. The van der Waals surface area contributed by atoms with Crippen LogP contribution >= 0.6 is 0 Å². The van der Waals surface area contributed by atoms with Gasteiger partial charge in [0.2, 0.25) is 10.0 Å². The molecule has 29 heavy (non-hydrogen) atoms. The summed E-state index contributed by atoms with van der Waals surface area (Å²) in [6.45, 7) is 2.95. The molecule has 0 aliphatic carbocycles. The predicted octanol–water partition coefficient (Wildman–Crippen LogP) is 2.73. The molecule has 8 heteroatoms. The molecule has 154 valence electrons. The molecule has 2 aromatic rings. The summed E-state index contributed by atoms with van der Waals surface area (Å²) in [6, 6.07) is 12.3. The van der Waals surface area contributed by atoms with Gasteiger partial charge < -0.3 is 10.4 Å². The first-order valence-electron chi connectivity index (χ1n) is 9.47. The van der Waals surface area contributed by atoms with E-state index < -0.39 is 27.9 Å². The highest BCUT2D eigenvalue weighted by Crippen LogP contribution is 2.22. The largest absolute Gasteiger partial charge is 0.481 e. The number of aryl methyl sites for hydroxylation is 1. The van der Waals surface area contributed by atoms with Crippen LogP contribution in [0.2, 0.25) is 0 Å². The number of carbonyl (C=O) groups excluding carboxylic acids is 1. The van der Waals surface area contributed by atoms with Crippen molar-refractivity contribution in [2.24, 2.45) is 0 Å². The van der Waals surface area contributed by atoms with Crippen molar-refractivity contribution in [1.29, 1.82) is 0 Å². The van der Waals surface area contributed by atoms with Crippen molar-refractivity contribution in [2.75, 3.05) is 13.1 Å². The number of carbonyl (C=O) groups is 2. The summed E-state index contributed by atoms with van der Waals surface area (Å²) in [7, 11) is -3.54. The van der Waals surface area contributed by atoms with Gasteiger partial charge in [-0.3, -0.25) is 9.59 Å². The van der Waals surface area contributed by atoms with E-state index in [1.54, 1.807) is 12.1 Å². The van der Waals surface area contributed by atoms with Crippen LogP contribution in [0.25, 0.3) is 0 Å². The molecule has 1 aliphatic heterocycles. The molecule has 1 fully saturated rings. The van der Waals surface area contributed by atoms with Gasteiger partial charge in [0.05, 0.1) is 17.4 Å². The van der Waals surface area contributed by atoms with Crippen molar-refractivity contribution in [3.8, 4) is 0 Å². The summed E-state index contributed by atoms with van der Waals surface area (Å²) in [5.41, 5.74) is 2.00. The zero-order valence-electron chi connectivity index (χ0n) is 16.2. The number of hydrogen-bond acceptors (Lipinski definition) is 4. The van der Waals surface area contributed by atoms with Crippen LogP contribution in [0.1, 0.15) is 46.8 Å². The fourth-order valence-electron chi connectivity index (χ4n) is 3.32. The first-order chi connectivity index (χ1) is 13.8. The topological polar surface area (TPSA) is 104 Å². The lowest BCUT2D eigenvalue weighted by Gasteiger charge is -2.18. The average Bonchev–Trinajstić information content (AvgIpc) is 3.23. The summed E-state index contributed by atoms with van der Waals surface area (Å²) in [5.74, 6) is -1.48. The summed E-state index contributed by atoms with van der Waals surface area (Å²) in [5, 5.41) is 11.9. The second kappa shape index (κ2) is 8.75. The van der Waals surface area contributed by atoms with Crippen molar-refractivity contribution in [2.45, 2.75) is 37.1 Å². The molecule has 0 radical (unpaired) electrons. The summed E-state index contributed by atoms with van der Waals surface area (Å²) in [4.78, 5) is 24.0. The number of amides is 1. The molecular weight excluding hydrogens is 392 g/mol. The van der Waals surface area contributed by atoms with E-state index in [-0.39, 0.29) is 16.9 Å². The van der Waals surface area contributed by atoms with E-state index in [2.05, 4.69) is 5.32 Å². The Bertz CT molecular complexity index is 979. The van der Waals surface area contributed by atoms with Gasteiger partial charge in [0.15, 0.2) is 0 Å². The fraction of sp³-hybridized carbons (Fsp3) is 0.333. The monoisotopic (exact) mass is 416 g/mol. The quantitative estimate of drug-likeness (QED) is 0.722. The van der Waals surface area contributed by atoms with Crippen LogP contribution in [-0.2, 0) is 14.8 Å². The summed E-state index contributed by atoms with van der Waals surface area (Å²) in [6.07, 6.45) is 1.45. The highest BCUT2D eigenvalue weighted by atomic mass is 32.2. The second-order valence-electron chi connectivity index (χ2n) is 7.17. The Hall–Kier alpha value is -2.71. The number of carboxylic acid groups (broad SMARTS) is 1. The van der Waals surface area contributed by atoms with Crippen molar-refractivity contribution in [3.63, 3.8) is 0 Å². The van der Waals surface area contributed by atoms with Crippen LogP contribution in [0, 0.1) is 6.92 Å². The van der Waals surface area contributed by atoms with E-state index in [1.165, 1.54) is 28.6 Å². The van der Waals surface area contributed by atoms with Gasteiger partial charge in [0.1, 0.15) is 0 Å². The molecule has 2 N–H and O–H groups in total. The van der Waals surface area contributed by atoms with Gasteiger partial charge in [0.25, 0.3) is 5.91 Å². The number of benzene rings is 2. The molecule has 1 atom stereocenters. The minimum Gasteiger partial charge on any atom is -0.481 e. The average molecular weight is 416 g/mol. The van der Waals surface area contributed by atoms with Crippen molar-refractivity contribution < 1.29 is 23.1 Å². The van der Waals surface area contributed by atoms with Crippen LogP contribution in [0.4, 0.5) is 0 Å². The minimum absolute atomic E-state index is 0.150. The zero-order chi connectivity index (χ0) is 21.0. The molecule has 1 aliphatic rings. The molecule has 1 saturated heterocycles.